The standard InChI is InChI=1S/C7H9N3O.C5H13N3O.C4H12N2.2ClH/c8-9-7(11)6-10-4-2-1-3-5-10;1-8(2,3)4-5(9)7-6;1-6(2)4-3-5;;/h1-5H,6,8H2;4,6H2,1-3H3;3-5H2,1-2H3;2*1H. The van der Waals surface area contributed by atoms with E-state index >= 15 is 0 Å². The molecule has 8 N–H and O–H groups in total. The molecular weight excluding hydrogens is 407 g/mol. The Morgan fingerprint density at radius 3 is 1.68 bits per heavy atom. The Kier molecular flexibility index (Phi) is 24.5. The number of rotatable bonds is 6. The van der Waals surface area contributed by atoms with E-state index in [0.29, 0.717) is 11.0 Å². The van der Waals surface area contributed by atoms with Crippen molar-refractivity contribution in [2.24, 2.45) is 17.4 Å². The number of nitrogens with one attached hydrogen (secondary N) is 2. The molecule has 0 saturated carbocycles. The van der Waals surface area contributed by atoms with Gasteiger partial charge in [0.1, 0.15) is 0 Å². The van der Waals surface area contributed by atoms with Gasteiger partial charge >= 0.3 is 0 Å². The third-order valence-electron chi connectivity index (χ3n) is 2.62. The summed E-state index contributed by atoms with van der Waals surface area (Å²) in [7, 11) is 9.79. The highest BCUT2D eigenvalue weighted by atomic mass is 35.5. The second-order valence-electron chi connectivity index (χ2n) is 6.72. The van der Waals surface area contributed by atoms with Crippen LogP contribution in [0.5, 0.6) is 0 Å². The summed E-state index contributed by atoms with van der Waals surface area (Å²) in [4.78, 5) is 23.4. The number of carbonyl (C=O) groups excluding carboxylic acids is 2. The van der Waals surface area contributed by atoms with Crippen LogP contribution in [-0.4, -0.2) is 76.1 Å². The third kappa shape index (κ3) is 26.7. The fourth-order valence-electron chi connectivity index (χ4n) is 1.49. The second-order valence-corrected chi connectivity index (χ2v) is 6.72. The van der Waals surface area contributed by atoms with Crippen molar-refractivity contribution >= 4 is 11.8 Å². The lowest BCUT2D eigenvalue weighted by atomic mass is 10.4. The van der Waals surface area contributed by atoms with Crippen molar-refractivity contribution in [1.82, 2.24) is 15.8 Å². The van der Waals surface area contributed by atoms with E-state index in [4.69, 9.17) is 17.4 Å². The van der Waals surface area contributed by atoms with Crippen LogP contribution in [0, 0.1) is 0 Å². The smallest absolute Gasteiger partial charge is 0.299 e. The van der Waals surface area contributed by atoms with Crippen LogP contribution in [0.25, 0.3) is 0 Å². The monoisotopic (exact) mass is 442 g/mol. The van der Waals surface area contributed by atoms with Gasteiger partial charge in [-0.15, -0.1) is 0 Å². The van der Waals surface area contributed by atoms with Gasteiger partial charge in [0.2, 0.25) is 6.54 Å². The number of likely N-dealkylation sites (N-methyl/N-ethyl adjacent to an activating group) is 2. The molecule has 0 atom stereocenters. The number of hydrogen-bond donors (Lipinski definition) is 5. The Bertz CT molecular complexity index is 499. The molecule has 1 heterocycles. The van der Waals surface area contributed by atoms with Crippen molar-refractivity contribution < 1.29 is 43.5 Å². The van der Waals surface area contributed by atoms with Gasteiger partial charge in [-0.25, -0.2) is 11.7 Å². The van der Waals surface area contributed by atoms with E-state index in [1.54, 1.807) is 17.0 Å². The lowest BCUT2D eigenvalue weighted by Crippen LogP contribution is -3.00. The highest BCUT2D eigenvalue weighted by Gasteiger charge is 2.11. The topological polar surface area (TPSA) is 143 Å². The van der Waals surface area contributed by atoms with Gasteiger partial charge in [-0.2, -0.15) is 4.57 Å². The quantitative estimate of drug-likeness (QED) is 0.0972. The minimum atomic E-state index is -0.207. The van der Waals surface area contributed by atoms with E-state index in [1.165, 1.54) is 0 Å². The van der Waals surface area contributed by atoms with Crippen molar-refractivity contribution in [3.8, 4) is 0 Å². The first-order valence-electron chi connectivity index (χ1n) is 8.14. The molecule has 0 unspecified atom stereocenters. The molecule has 2 amide bonds. The van der Waals surface area contributed by atoms with Crippen LogP contribution in [0.15, 0.2) is 30.6 Å². The van der Waals surface area contributed by atoms with E-state index in [2.05, 4.69) is 15.8 Å². The molecule has 1 aromatic heterocycles. The van der Waals surface area contributed by atoms with Gasteiger partial charge in [-0.05, 0) is 14.1 Å². The van der Waals surface area contributed by atoms with E-state index < -0.39 is 0 Å². The predicted molar refractivity (Wildman–Crippen MR) is 102 cm³/mol. The summed E-state index contributed by atoms with van der Waals surface area (Å²) in [5, 5.41) is 0. The average Bonchev–Trinajstić information content (AvgIpc) is 2.55. The molecule has 0 saturated heterocycles. The first kappa shape index (κ1) is 34.0. The van der Waals surface area contributed by atoms with Crippen LogP contribution in [0.3, 0.4) is 0 Å². The number of amides is 2. The molecule has 1 rings (SSSR count). The number of quaternary nitrogens is 1. The Balaban J connectivity index is -0.000000155. The van der Waals surface area contributed by atoms with Gasteiger partial charge in [-0.1, -0.05) is 6.07 Å². The highest BCUT2D eigenvalue weighted by Crippen LogP contribution is 1.86. The van der Waals surface area contributed by atoms with E-state index in [9.17, 15) is 9.59 Å². The minimum absolute atomic E-state index is 0. The molecule has 0 spiro atoms. The molecule has 0 aliphatic heterocycles. The summed E-state index contributed by atoms with van der Waals surface area (Å²) in [6.07, 6.45) is 3.60. The summed E-state index contributed by atoms with van der Waals surface area (Å²) in [6, 6.07) is 5.59. The minimum Gasteiger partial charge on any atom is -1.00 e. The highest BCUT2D eigenvalue weighted by molar-refractivity contribution is 5.76. The fraction of sp³-hybridized carbons (Fsp3) is 0.562. The molecule has 0 bridgehead atoms. The van der Waals surface area contributed by atoms with Crippen LogP contribution in [0.2, 0.25) is 0 Å². The number of nitrogens with zero attached hydrogens (tertiary/aromatic N) is 3. The molecule has 0 aromatic carbocycles. The summed E-state index contributed by atoms with van der Waals surface area (Å²) < 4.78 is 2.34. The maximum absolute atomic E-state index is 10.7. The zero-order chi connectivity index (χ0) is 20.6. The Labute approximate surface area is 180 Å². The molecule has 10 nitrogen and oxygen atoms in total. The first-order chi connectivity index (χ1) is 12.1. The Morgan fingerprint density at radius 2 is 1.43 bits per heavy atom. The number of hydrazine groups is 2. The van der Waals surface area contributed by atoms with E-state index in [1.807, 2.05) is 53.4 Å². The number of carbonyl (C=O) groups is 2. The SMILES string of the molecule is CN(C)CCN.C[N+](C)(C)CC(=O)NN.NNC(=O)C[n+]1ccccc1.[Cl-].[Cl-]. The van der Waals surface area contributed by atoms with Crippen LogP contribution in [-0.2, 0) is 16.1 Å². The van der Waals surface area contributed by atoms with Crippen LogP contribution >= 0.6 is 0 Å². The first-order valence-corrected chi connectivity index (χ1v) is 8.14. The fourth-order valence-corrected chi connectivity index (χ4v) is 1.49. The Hall–Kier alpha value is -1.53. The summed E-state index contributed by atoms with van der Waals surface area (Å²) in [5.74, 6) is 9.43. The molecule has 0 aliphatic rings. The number of hydrogen-bond acceptors (Lipinski definition) is 6. The Morgan fingerprint density at radius 1 is 0.964 bits per heavy atom. The van der Waals surface area contributed by atoms with Crippen molar-refractivity contribution in [3.05, 3.63) is 30.6 Å². The predicted octanol–water partition coefficient (Wildman–Crippen LogP) is -8.84. The molecule has 0 aliphatic carbocycles. The molecule has 166 valence electrons. The van der Waals surface area contributed by atoms with Gasteiger partial charge in [0.25, 0.3) is 11.8 Å². The van der Waals surface area contributed by atoms with Gasteiger partial charge in [-0.3, -0.25) is 20.4 Å². The van der Waals surface area contributed by atoms with Gasteiger partial charge in [0, 0.05) is 25.2 Å². The average molecular weight is 443 g/mol. The van der Waals surface area contributed by atoms with E-state index in [-0.39, 0.29) is 43.2 Å². The van der Waals surface area contributed by atoms with Gasteiger partial charge in [0.15, 0.2) is 18.9 Å². The largest absolute Gasteiger partial charge is 1.00 e. The van der Waals surface area contributed by atoms with Gasteiger partial charge in [0.05, 0.1) is 21.1 Å². The number of pyridine rings is 1. The van der Waals surface area contributed by atoms with Crippen LogP contribution in [0.1, 0.15) is 0 Å². The number of halogens is 2. The van der Waals surface area contributed by atoms with Crippen molar-refractivity contribution in [2.45, 2.75) is 6.54 Å². The van der Waals surface area contributed by atoms with Crippen LogP contribution < -0.4 is 57.7 Å². The normalized spacial score (nSPS) is 9.32. The number of nitrogens with two attached hydrogens (primary N) is 3. The molecule has 0 fully saturated rings. The zero-order valence-corrected chi connectivity index (χ0v) is 18.9. The lowest BCUT2D eigenvalue weighted by molar-refractivity contribution is -0.862. The van der Waals surface area contributed by atoms with Crippen molar-refractivity contribution in [2.75, 3.05) is 54.9 Å². The molecule has 12 heteroatoms. The maximum Gasteiger partial charge on any atom is 0.299 e. The zero-order valence-electron chi connectivity index (χ0n) is 17.4. The lowest BCUT2D eigenvalue weighted by Gasteiger charge is -2.21. The molecule has 1 aromatic rings. The van der Waals surface area contributed by atoms with Crippen molar-refractivity contribution in [3.63, 3.8) is 0 Å². The third-order valence-corrected chi connectivity index (χ3v) is 2.62. The number of aromatic nitrogens is 1. The molecule has 0 radical (unpaired) electrons. The maximum atomic E-state index is 10.7. The second kappa shape index (κ2) is 20.2. The van der Waals surface area contributed by atoms with Crippen molar-refractivity contribution in [1.29, 1.82) is 0 Å². The summed E-state index contributed by atoms with van der Waals surface area (Å²) in [5.41, 5.74) is 9.31. The molecular formula is C16H36Cl2N8O2. The van der Waals surface area contributed by atoms with E-state index in [0.717, 1.165) is 13.1 Å². The summed E-state index contributed by atoms with van der Waals surface area (Å²) in [6.45, 7) is 2.42. The van der Waals surface area contributed by atoms with Gasteiger partial charge < -0.3 is 39.9 Å². The van der Waals surface area contributed by atoms with Crippen LogP contribution in [0.4, 0.5) is 0 Å². The summed E-state index contributed by atoms with van der Waals surface area (Å²) >= 11 is 0. The molecule has 28 heavy (non-hydrogen) atoms.